The third kappa shape index (κ3) is 3.77. The lowest BCUT2D eigenvalue weighted by Crippen LogP contribution is -2.27. The molecule has 0 aliphatic heterocycles. The number of ether oxygens (including phenoxy) is 1. The second kappa shape index (κ2) is 5.58. The topological polar surface area (TPSA) is 66.8 Å². The molecule has 1 unspecified atom stereocenters. The van der Waals surface area contributed by atoms with Crippen molar-refractivity contribution in [3.63, 3.8) is 0 Å². The first-order valence-electron chi connectivity index (χ1n) is 4.39. The second-order valence-corrected chi connectivity index (χ2v) is 3.35. The monoisotopic (exact) mass is 230 g/mol. The number of rotatable bonds is 5. The first-order chi connectivity index (χ1) is 7.13. The van der Waals surface area contributed by atoms with Crippen LogP contribution in [0.5, 0.6) is 5.75 Å². The minimum absolute atomic E-state index is 0.0535. The van der Waals surface area contributed by atoms with E-state index < -0.39 is 12.1 Å². The summed E-state index contributed by atoms with van der Waals surface area (Å²) < 4.78 is 5.15. The molecule has 2 N–H and O–H groups in total. The zero-order chi connectivity index (χ0) is 11.3. The Bertz CT molecular complexity index is 323. The Balaban J connectivity index is 2.65. The van der Waals surface area contributed by atoms with Gasteiger partial charge in [0.15, 0.2) is 6.10 Å². The Morgan fingerprint density at radius 3 is 2.47 bits per heavy atom. The van der Waals surface area contributed by atoms with Gasteiger partial charge in [-0.3, -0.25) is 0 Å². The van der Waals surface area contributed by atoms with E-state index in [0.717, 1.165) is 0 Å². The van der Waals surface area contributed by atoms with E-state index in [1.54, 1.807) is 24.3 Å². The molecule has 15 heavy (non-hydrogen) atoms. The largest absolute Gasteiger partial charge is 0.479 e. The van der Waals surface area contributed by atoms with Crippen molar-refractivity contribution in [1.29, 1.82) is 0 Å². The molecule has 0 fully saturated rings. The smallest absolute Gasteiger partial charge is 0.344 e. The van der Waals surface area contributed by atoms with Crippen LogP contribution in [0.4, 0.5) is 0 Å². The minimum atomic E-state index is -1.10. The van der Waals surface area contributed by atoms with Crippen LogP contribution in [-0.2, 0) is 4.79 Å². The zero-order valence-electron chi connectivity index (χ0n) is 7.89. The van der Waals surface area contributed by atoms with E-state index in [1.165, 1.54) is 0 Å². The van der Waals surface area contributed by atoms with E-state index in [9.17, 15) is 4.79 Å². The molecular weight excluding hydrogens is 220 g/mol. The Labute approximate surface area is 92.1 Å². The van der Waals surface area contributed by atoms with Crippen molar-refractivity contribution < 1.29 is 19.7 Å². The van der Waals surface area contributed by atoms with Gasteiger partial charge in [0.1, 0.15) is 5.75 Å². The summed E-state index contributed by atoms with van der Waals surface area (Å²) in [6.07, 6.45) is -0.978. The molecule has 1 aromatic carbocycles. The number of benzene rings is 1. The van der Waals surface area contributed by atoms with Gasteiger partial charge < -0.3 is 14.9 Å². The number of hydrogen-bond acceptors (Lipinski definition) is 3. The number of aliphatic hydroxyl groups is 1. The molecule has 5 heteroatoms. The first kappa shape index (κ1) is 11.8. The maximum atomic E-state index is 10.7. The highest BCUT2D eigenvalue weighted by atomic mass is 35.5. The average Bonchev–Trinajstić information content (AvgIpc) is 2.20. The number of carboxylic acid groups (broad SMARTS) is 1. The van der Waals surface area contributed by atoms with Crippen molar-refractivity contribution in [1.82, 2.24) is 0 Å². The average molecular weight is 231 g/mol. The third-order valence-electron chi connectivity index (χ3n) is 1.76. The number of aliphatic hydroxyl groups excluding tert-OH is 1. The molecule has 1 aromatic rings. The summed E-state index contributed by atoms with van der Waals surface area (Å²) in [6.45, 7) is -0.232. The van der Waals surface area contributed by atoms with Gasteiger partial charge in [0.05, 0.1) is 0 Å². The quantitative estimate of drug-likeness (QED) is 0.806. The number of aliphatic carboxylic acids is 1. The Morgan fingerprint density at radius 1 is 1.40 bits per heavy atom. The molecule has 0 radical (unpaired) electrons. The highest BCUT2D eigenvalue weighted by Gasteiger charge is 2.18. The SMILES string of the molecule is O=C(O)C(CCO)Oc1ccc(Cl)cc1. The van der Waals surface area contributed by atoms with Crippen LogP contribution in [0.3, 0.4) is 0 Å². The molecule has 0 aliphatic rings. The highest BCUT2D eigenvalue weighted by molar-refractivity contribution is 6.30. The molecule has 0 aliphatic carbocycles. The van der Waals surface area contributed by atoms with E-state index in [-0.39, 0.29) is 13.0 Å². The number of hydrogen-bond donors (Lipinski definition) is 2. The van der Waals surface area contributed by atoms with Gasteiger partial charge in [-0.25, -0.2) is 4.79 Å². The molecule has 1 rings (SSSR count). The molecule has 0 heterocycles. The van der Waals surface area contributed by atoms with Crippen LogP contribution in [-0.4, -0.2) is 28.9 Å². The fourth-order valence-corrected chi connectivity index (χ4v) is 1.15. The lowest BCUT2D eigenvalue weighted by atomic mass is 10.2. The van der Waals surface area contributed by atoms with E-state index in [4.69, 9.17) is 26.6 Å². The van der Waals surface area contributed by atoms with Gasteiger partial charge in [-0.15, -0.1) is 0 Å². The van der Waals surface area contributed by atoms with E-state index in [0.29, 0.717) is 10.8 Å². The third-order valence-corrected chi connectivity index (χ3v) is 2.01. The molecule has 0 saturated heterocycles. The first-order valence-corrected chi connectivity index (χ1v) is 4.77. The van der Waals surface area contributed by atoms with Gasteiger partial charge >= 0.3 is 5.97 Å². The van der Waals surface area contributed by atoms with E-state index in [1.807, 2.05) is 0 Å². The van der Waals surface area contributed by atoms with Crippen LogP contribution in [0.2, 0.25) is 5.02 Å². The summed E-state index contributed by atoms with van der Waals surface area (Å²) in [6, 6.07) is 6.37. The Morgan fingerprint density at radius 2 is 2.00 bits per heavy atom. The number of halogens is 1. The van der Waals surface area contributed by atoms with Gasteiger partial charge in [0.2, 0.25) is 0 Å². The normalized spacial score (nSPS) is 12.1. The molecule has 1 atom stereocenters. The number of carboxylic acids is 1. The fourth-order valence-electron chi connectivity index (χ4n) is 1.03. The molecule has 82 valence electrons. The van der Waals surface area contributed by atoms with Crippen LogP contribution in [0.25, 0.3) is 0 Å². The van der Waals surface area contributed by atoms with Crippen molar-refractivity contribution >= 4 is 17.6 Å². The van der Waals surface area contributed by atoms with Crippen LogP contribution < -0.4 is 4.74 Å². The predicted molar refractivity (Wildman–Crippen MR) is 55.2 cm³/mol. The van der Waals surface area contributed by atoms with Crippen molar-refractivity contribution in [2.24, 2.45) is 0 Å². The van der Waals surface area contributed by atoms with Crippen LogP contribution >= 0.6 is 11.6 Å². The molecule has 0 amide bonds. The van der Waals surface area contributed by atoms with E-state index >= 15 is 0 Å². The molecule has 0 aromatic heterocycles. The summed E-state index contributed by atoms with van der Waals surface area (Å²) >= 11 is 5.66. The molecule has 0 saturated carbocycles. The lowest BCUT2D eigenvalue weighted by molar-refractivity contribution is -0.145. The van der Waals surface area contributed by atoms with Gasteiger partial charge in [-0.2, -0.15) is 0 Å². The summed E-state index contributed by atoms with van der Waals surface area (Å²) in [7, 11) is 0. The summed E-state index contributed by atoms with van der Waals surface area (Å²) in [4.78, 5) is 10.7. The number of carbonyl (C=O) groups is 1. The van der Waals surface area contributed by atoms with Crippen LogP contribution in [0.1, 0.15) is 6.42 Å². The van der Waals surface area contributed by atoms with Gasteiger partial charge in [0, 0.05) is 18.1 Å². The molecule has 0 spiro atoms. The predicted octanol–water partition coefficient (Wildman–Crippen LogP) is 1.55. The highest BCUT2D eigenvalue weighted by Crippen LogP contribution is 2.17. The Kier molecular flexibility index (Phi) is 4.39. The van der Waals surface area contributed by atoms with Gasteiger partial charge in [0.25, 0.3) is 0 Å². The minimum Gasteiger partial charge on any atom is -0.479 e. The van der Waals surface area contributed by atoms with Gasteiger partial charge in [-0.05, 0) is 24.3 Å². The van der Waals surface area contributed by atoms with Crippen molar-refractivity contribution in [3.05, 3.63) is 29.3 Å². The molecule has 4 nitrogen and oxygen atoms in total. The lowest BCUT2D eigenvalue weighted by Gasteiger charge is -2.13. The van der Waals surface area contributed by atoms with Gasteiger partial charge in [-0.1, -0.05) is 11.6 Å². The second-order valence-electron chi connectivity index (χ2n) is 2.91. The zero-order valence-corrected chi connectivity index (χ0v) is 8.65. The summed E-state index contributed by atoms with van der Waals surface area (Å²) in [5.41, 5.74) is 0. The fraction of sp³-hybridized carbons (Fsp3) is 0.300. The maximum Gasteiger partial charge on any atom is 0.344 e. The molecule has 0 bridgehead atoms. The van der Waals surface area contributed by atoms with Crippen molar-refractivity contribution in [3.8, 4) is 5.75 Å². The maximum absolute atomic E-state index is 10.7. The van der Waals surface area contributed by atoms with Crippen LogP contribution in [0, 0.1) is 0 Å². The molecular formula is C10H11ClO4. The van der Waals surface area contributed by atoms with E-state index in [2.05, 4.69) is 0 Å². The van der Waals surface area contributed by atoms with Crippen molar-refractivity contribution in [2.45, 2.75) is 12.5 Å². The van der Waals surface area contributed by atoms with Crippen LogP contribution in [0.15, 0.2) is 24.3 Å². The summed E-state index contributed by atoms with van der Waals surface area (Å²) in [5.74, 6) is -0.681. The standard InChI is InChI=1S/C10H11ClO4/c11-7-1-3-8(4-2-7)15-9(5-6-12)10(13)14/h1-4,9,12H,5-6H2,(H,13,14). The van der Waals surface area contributed by atoms with Crippen molar-refractivity contribution in [2.75, 3.05) is 6.61 Å². The summed E-state index contributed by atoms with van der Waals surface area (Å²) in [5, 5.41) is 18.0. The Hall–Kier alpha value is -1.26.